The van der Waals surface area contributed by atoms with Crippen molar-refractivity contribution in [3.63, 3.8) is 0 Å². The van der Waals surface area contributed by atoms with Crippen LogP contribution in [0.2, 0.25) is 0 Å². The van der Waals surface area contributed by atoms with Crippen molar-refractivity contribution >= 4 is 12.6 Å². The normalized spacial score (nSPS) is 15.4. The predicted molar refractivity (Wildman–Crippen MR) is 54.7 cm³/mol. The lowest BCUT2D eigenvalue weighted by atomic mass is 9.79. The van der Waals surface area contributed by atoms with Crippen LogP contribution in [0.15, 0.2) is 18.2 Å². The summed E-state index contributed by atoms with van der Waals surface area (Å²) in [6.07, 6.45) is 2.40. The number of hydrogen-bond acceptors (Lipinski definition) is 3. The molecule has 1 aliphatic rings. The third-order valence-corrected chi connectivity index (χ3v) is 2.26. The maximum atomic E-state index is 9.14. The number of ether oxygens (including phenoxy) is 1. The molecule has 1 aromatic rings. The Labute approximate surface area is 83.5 Å². The van der Waals surface area contributed by atoms with Crippen molar-refractivity contribution in [2.24, 2.45) is 0 Å². The first-order valence-corrected chi connectivity index (χ1v) is 4.80. The molecule has 2 N–H and O–H groups in total. The molecule has 0 unspecified atom stereocenters. The second kappa shape index (κ2) is 3.63. The molecule has 0 aliphatic heterocycles. The molecule has 1 fully saturated rings. The van der Waals surface area contributed by atoms with E-state index in [1.54, 1.807) is 12.1 Å². The zero-order valence-corrected chi connectivity index (χ0v) is 8.10. The molecule has 1 aliphatic carbocycles. The first kappa shape index (κ1) is 9.56. The van der Waals surface area contributed by atoms with E-state index in [1.807, 2.05) is 13.0 Å². The number of hydrogen-bond donors (Lipinski definition) is 2. The van der Waals surface area contributed by atoms with Gasteiger partial charge in [0.15, 0.2) is 0 Å². The van der Waals surface area contributed by atoms with Crippen LogP contribution in [0.3, 0.4) is 0 Å². The topological polar surface area (TPSA) is 49.7 Å². The summed E-state index contributed by atoms with van der Waals surface area (Å²) in [5.74, 6) is 0.591. The molecule has 14 heavy (non-hydrogen) atoms. The second-order valence-corrected chi connectivity index (χ2v) is 3.73. The van der Waals surface area contributed by atoms with E-state index in [-0.39, 0.29) is 6.10 Å². The van der Waals surface area contributed by atoms with Crippen LogP contribution in [-0.2, 0) is 0 Å². The minimum Gasteiger partial charge on any atom is -0.491 e. The first-order chi connectivity index (χ1) is 6.66. The monoisotopic (exact) mass is 192 g/mol. The minimum absolute atomic E-state index is 0.273. The lowest BCUT2D eigenvalue weighted by Crippen LogP contribution is -2.32. The highest BCUT2D eigenvalue weighted by Gasteiger charge is 2.26. The Morgan fingerprint density at radius 2 is 2.07 bits per heavy atom. The van der Waals surface area contributed by atoms with Crippen LogP contribution in [0.5, 0.6) is 5.75 Å². The quantitative estimate of drug-likeness (QED) is 0.673. The van der Waals surface area contributed by atoms with E-state index in [1.165, 1.54) is 0 Å². The Kier molecular flexibility index (Phi) is 2.48. The van der Waals surface area contributed by atoms with Gasteiger partial charge in [0.05, 0.1) is 6.10 Å². The van der Waals surface area contributed by atoms with Gasteiger partial charge in [-0.2, -0.15) is 0 Å². The fourth-order valence-electron chi connectivity index (χ4n) is 1.34. The highest BCUT2D eigenvalue weighted by molar-refractivity contribution is 6.59. The van der Waals surface area contributed by atoms with Crippen molar-refractivity contribution in [3.05, 3.63) is 23.8 Å². The summed E-state index contributed by atoms with van der Waals surface area (Å²) in [5.41, 5.74) is 1.45. The van der Waals surface area contributed by atoms with Crippen LogP contribution in [0.25, 0.3) is 0 Å². The summed E-state index contributed by atoms with van der Waals surface area (Å²) in [6.45, 7) is 1.91. The van der Waals surface area contributed by atoms with Crippen molar-refractivity contribution in [1.82, 2.24) is 0 Å². The number of rotatable bonds is 3. The molecule has 0 atom stereocenters. The Hall–Kier alpha value is -0.995. The summed E-state index contributed by atoms with van der Waals surface area (Å²) < 4.78 is 5.55. The van der Waals surface area contributed by atoms with E-state index in [4.69, 9.17) is 14.8 Å². The van der Waals surface area contributed by atoms with Crippen LogP contribution in [0, 0.1) is 6.92 Å². The van der Waals surface area contributed by atoms with Gasteiger partial charge in [-0.1, -0.05) is 17.7 Å². The van der Waals surface area contributed by atoms with Gasteiger partial charge in [0, 0.05) is 5.46 Å². The predicted octanol–water partition coefficient (Wildman–Crippen LogP) is 0.216. The van der Waals surface area contributed by atoms with Crippen molar-refractivity contribution in [1.29, 1.82) is 0 Å². The molecule has 74 valence electrons. The fraction of sp³-hybridized carbons (Fsp3) is 0.400. The molecule has 0 aromatic heterocycles. The van der Waals surface area contributed by atoms with Crippen molar-refractivity contribution in [2.45, 2.75) is 25.9 Å². The van der Waals surface area contributed by atoms with Crippen molar-refractivity contribution < 1.29 is 14.8 Å². The van der Waals surface area contributed by atoms with Crippen molar-refractivity contribution in [2.75, 3.05) is 0 Å². The van der Waals surface area contributed by atoms with Gasteiger partial charge in [-0.05, 0) is 25.8 Å². The molecule has 1 saturated carbocycles. The van der Waals surface area contributed by atoms with Gasteiger partial charge in [-0.15, -0.1) is 0 Å². The van der Waals surface area contributed by atoms with Gasteiger partial charge < -0.3 is 14.8 Å². The molecule has 3 nitrogen and oxygen atoms in total. The van der Waals surface area contributed by atoms with E-state index >= 15 is 0 Å². The SMILES string of the molecule is Cc1ccc(OC2CC2)c(B(O)O)c1. The first-order valence-electron chi connectivity index (χ1n) is 4.80. The molecule has 4 heteroatoms. The molecular weight excluding hydrogens is 179 g/mol. The summed E-state index contributed by atoms with van der Waals surface area (Å²) in [5, 5.41) is 18.3. The Bertz CT molecular complexity index is 334. The van der Waals surface area contributed by atoms with E-state index in [9.17, 15) is 0 Å². The average Bonchev–Trinajstić information content (AvgIpc) is 2.91. The Morgan fingerprint density at radius 1 is 1.36 bits per heavy atom. The summed E-state index contributed by atoms with van der Waals surface area (Å²) in [7, 11) is -1.45. The third-order valence-electron chi connectivity index (χ3n) is 2.26. The largest absolute Gasteiger partial charge is 0.492 e. The highest BCUT2D eigenvalue weighted by Crippen LogP contribution is 2.25. The zero-order chi connectivity index (χ0) is 10.1. The second-order valence-electron chi connectivity index (χ2n) is 3.73. The molecule has 0 amide bonds. The standard InChI is InChI=1S/C10H13BO3/c1-7-2-5-10(14-8-3-4-8)9(6-7)11(12)13/h2,5-6,8,12-13H,3-4H2,1H3. The highest BCUT2D eigenvalue weighted by atomic mass is 16.5. The average molecular weight is 192 g/mol. The van der Waals surface area contributed by atoms with E-state index in [0.717, 1.165) is 18.4 Å². The van der Waals surface area contributed by atoms with Crippen LogP contribution >= 0.6 is 0 Å². The van der Waals surface area contributed by atoms with Gasteiger partial charge in [-0.25, -0.2) is 0 Å². The van der Waals surface area contributed by atoms with E-state index in [0.29, 0.717) is 11.2 Å². The Balaban J connectivity index is 2.26. The van der Waals surface area contributed by atoms with Crippen molar-refractivity contribution in [3.8, 4) is 5.75 Å². The van der Waals surface area contributed by atoms with E-state index in [2.05, 4.69) is 0 Å². The molecule has 0 spiro atoms. The van der Waals surface area contributed by atoms with E-state index < -0.39 is 7.12 Å². The lowest BCUT2D eigenvalue weighted by molar-refractivity contribution is 0.303. The Morgan fingerprint density at radius 3 is 2.64 bits per heavy atom. The molecule has 0 saturated heterocycles. The lowest BCUT2D eigenvalue weighted by Gasteiger charge is -2.10. The zero-order valence-electron chi connectivity index (χ0n) is 8.10. The van der Waals surface area contributed by atoms with Gasteiger partial charge in [-0.3, -0.25) is 0 Å². The maximum Gasteiger partial charge on any atom is 0.492 e. The molecule has 2 rings (SSSR count). The fourth-order valence-corrected chi connectivity index (χ4v) is 1.34. The summed E-state index contributed by atoms with van der Waals surface area (Å²) in [6, 6.07) is 5.44. The minimum atomic E-state index is -1.45. The summed E-state index contributed by atoms with van der Waals surface area (Å²) >= 11 is 0. The number of aryl methyl sites for hydroxylation is 1. The third kappa shape index (κ3) is 2.08. The van der Waals surface area contributed by atoms with Crippen LogP contribution in [-0.4, -0.2) is 23.3 Å². The van der Waals surface area contributed by atoms with Crippen LogP contribution in [0.1, 0.15) is 18.4 Å². The van der Waals surface area contributed by atoms with Gasteiger partial charge in [0.1, 0.15) is 5.75 Å². The molecular formula is C10H13BO3. The van der Waals surface area contributed by atoms with Crippen LogP contribution in [0.4, 0.5) is 0 Å². The number of benzene rings is 1. The van der Waals surface area contributed by atoms with Gasteiger partial charge >= 0.3 is 7.12 Å². The molecule has 0 heterocycles. The van der Waals surface area contributed by atoms with Gasteiger partial charge in [0.2, 0.25) is 0 Å². The smallest absolute Gasteiger partial charge is 0.491 e. The maximum absolute atomic E-state index is 9.14. The molecule has 1 aromatic carbocycles. The van der Waals surface area contributed by atoms with Gasteiger partial charge in [0.25, 0.3) is 0 Å². The summed E-state index contributed by atoms with van der Waals surface area (Å²) in [4.78, 5) is 0. The molecule has 0 radical (unpaired) electrons. The van der Waals surface area contributed by atoms with Crippen LogP contribution < -0.4 is 10.2 Å². The molecule has 0 bridgehead atoms.